The molecule has 0 saturated carbocycles. The first-order chi connectivity index (χ1) is 18.2. The third-order valence-corrected chi connectivity index (χ3v) is 6.69. The van der Waals surface area contributed by atoms with E-state index in [1.165, 1.54) is 12.3 Å². The van der Waals surface area contributed by atoms with E-state index in [0.29, 0.717) is 5.56 Å². The van der Waals surface area contributed by atoms with Gasteiger partial charge in [0.25, 0.3) is 0 Å². The minimum atomic E-state index is -4.44. The molecular weight excluding hydrogens is 540 g/mol. The van der Waals surface area contributed by atoms with E-state index in [1.807, 2.05) is 30.3 Å². The van der Waals surface area contributed by atoms with E-state index >= 15 is 0 Å². The van der Waals surface area contributed by atoms with E-state index in [0.717, 1.165) is 10.1 Å². The second-order valence-corrected chi connectivity index (χ2v) is 10.2. The van der Waals surface area contributed by atoms with Crippen LogP contribution >= 0.6 is 16.1 Å². The summed E-state index contributed by atoms with van der Waals surface area (Å²) in [4.78, 5) is 34.6. The quantitative estimate of drug-likeness (QED) is 0.261. The van der Waals surface area contributed by atoms with Crippen molar-refractivity contribution in [2.45, 2.75) is 38.1 Å². The molecule has 5 N–H and O–H groups in total. The molecule has 0 bridgehead atoms. The lowest BCUT2D eigenvalue weighted by Crippen LogP contribution is -2.28. The molecule has 2 unspecified atom stereocenters. The molecule has 1 aliphatic heterocycles. The lowest BCUT2D eigenvalue weighted by molar-refractivity contribution is -0.0432. The average molecular weight is 569 g/mol. The number of ether oxygens (including phenoxy) is 1. The minimum Gasteiger partial charge on any atom is -0.392 e. The zero-order valence-electron chi connectivity index (χ0n) is 20.1. The van der Waals surface area contributed by atoms with Gasteiger partial charge in [-0.05, 0) is 17.2 Å². The van der Waals surface area contributed by atoms with Crippen molar-refractivity contribution in [3.05, 3.63) is 94.5 Å². The number of anilines is 1. The molecular formula is C23H29N3O10P2. The topological polar surface area (TPSA) is 193 Å². The Morgan fingerprint density at radius 3 is 2.26 bits per heavy atom. The number of hydrogen-bond acceptors (Lipinski definition) is 10. The Bertz CT molecular complexity index is 1280. The van der Waals surface area contributed by atoms with Gasteiger partial charge in [0.2, 0.25) is 0 Å². The van der Waals surface area contributed by atoms with Crippen molar-refractivity contribution in [2.75, 3.05) is 12.3 Å². The summed E-state index contributed by atoms with van der Waals surface area (Å²) < 4.78 is 45.0. The number of hydrogen-bond donors (Lipinski definition) is 4. The molecule has 1 saturated heterocycles. The Labute approximate surface area is 219 Å². The number of aromatic nitrogens is 2. The Morgan fingerprint density at radius 2 is 1.71 bits per heavy atom. The Hall–Kier alpha value is -2.70. The molecule has 38 heavy (non-hydrogen) atoms. The highest BCUT2D eigenvalue weighted by Gasteiger charge is 2.40. The minimum absolute atomic E-state index is 0.0110. The summed E-state index contributed by atoms with van der Waals surface area (Å²) in [6, 6.07) is 19.6. The predicted molar refractivity (Wildman–Crippen MR) is 137 cm³/mol. The molecule has 1 fully saturated rings. The summed E-state index contributed by atoms with van der Waals surface area (Å²) in [5.74, 6) is 0.0270. The van der Waals surface area contributed by atoms with Gasteiger partial charge in [-0.15, -0.1) is 0 Å². The van der Waals surface area contributed by atoms with Gasteiger partial charge >= 0.3 is 21.8 Å². The molecule has 4 rings (SSSR count). The zero-order valence-corrected chi connectivity index (χ0v) is 22.0. The summed E-state index contributed by atoms with van der Waals surface area (Å²) in [6.45, 7) is -0.490. The van der Waals surface area contributed by atoms with Gasteiger partial charge in [0.1, 0.15) is 18.1 Å². The molecule has 0 amide bonds. The van der Waals surface area contributed by atoms with Gasteiger partial charge < -0.3 is 29.9 Å². The second kappa shape index (κ2) is 14.5. The van der Waals surface area contributed by atoms with Gasteiger partial charge in [-0.2, -0.15) is 4.98 Å². The predicted octanol–water partition coefficient (Wildman–Crippen LogP) is 2.39. The van der Waals surface area contributed by atoms with Crippen LogP contribution in [0.3, 0.4) is 0 Å². The van der Waals surface area contributed by atoms with Gasteiger partial charge in [-0.1, -0.05) is 60.7 Å². The number of rotatable bonds is 10. The highest BCUT2D eigenvalue weighted by molar-refractivity contribution is 7.47. The Morgan fingerprint density at radius 1 is 1.08 bits per heavy atom. The molecule has 1 aliphatic rings. The van der Waals surface area contributed by atoms with Crippen LogP contribution in [0.25, 0.3) is 0 Å². The maximum atomic E-state index is 12.1. The number of phosphoric ester groups is 1. The fourth-order valence-corrected chi connectivity index (χ4v) is 4.67. The standard InChI is InChI=1S/C16H21N3O9P2.C7H8O/c17-14-6-7-19(16(20)18-14)15-8-12(28-29(21)22)13(27-15)10-26-30(23,24)25-9-11-4-2-1-3-5-11;8-6-7-4-2-1-3-5-7/h1-7,12-13,15,29H,8-10H2,(H,21,22)(H,23,24)(H2,17,18,20);1-5,8H,6H2/t12-,13+,15+;/m0./s1. The van der Waals surface area contributed by atoms with E-state index in [4.69, 9.17) is 34.0 Å². The number of phosphoric acid groups is 1. The van der Waals surface area contributed by atoms with E-state index in [9.17, 15) is 18.8 Å². The van der Waals surface area contributed by atoms with Crippen molar-refractivity contribution in [1.29, 1.82) is 0 Å². The maximum Gasteiger partial charge on any atom is 0.472 e. The smallest absolute Gasteiger partial charge is 0.392 e. The summed E-state index contributed by atoms with van der Waals surface area (Å²) in [6.07, 6.45) is -1.51. The largest absolute Gasteiger partial charge is 0.472 e. The van der Waals surface area contributed by atoms with Crippen molar-refractivity contribution >= 4 is 21.9 Å². The van der Waals surface area contributed by atoms with Gasteiger partial charge in [-0.25, -0.2) is 9.36 Å². The number of aliphatic hydroxyl groups excluding tert-OH is 1. The second-order valence-electron chi connectivity index (χ2n) is 8.00. The molecule has 15 heteroatoms. The monoisotopic (exact) mass is 569 g/mol. The van der Waals surface area contributed by atoms with Crippen LogP contribution in [0, 0.1) is 0 Å². The molecule has 0 radical (unpaired) electrons. The highest BCUT2D eigenvalue weighted by atomic mass is 31.2. The van der Waals surface area contributed by atoms with Crippen LogP contribution < -0.4 is 11.4 Å². The van der Waals surface area contributed by atoms with E-state index in [1.54, 1.807) is 30.3 Å². The van der Waals surface area contributed by atoms with E-state index < -0.39 is 46.8 Å². The van der Waals surface area contributed by atoms with Crippen molar-refractivity contribution < 1.29 is 42.3 Å². The normalized spacial score (nSPS) is 21.2. The molecule has 0 spiro atoms. The van der Waals surface area contributed by atoms with E-state index in [2.05, 4.69) is 4.98 Å². The van der Waals surface area contributed by atoms with Gasteiger partial charge in [0.15, 0.2) is 0 Å². The lowest BCUT2D eigenvalue weighted by Gasteiger charge is -2.19. The molecule has 1 aromatic heterocycles. The molecule has 3 aromatic rings. The van der Waals surface area contributed by atoms with Crippen molar-refractivity contribution in [1.82, 2.24) is 9.55 Å². The van der Waals surface area contributed by atoms with Gasteiger partial charge in [0.05, 0.1) is 25.9 Å². The molecule has 0 aliphatic carbocycles. The van der Waals surface area contributed by atoms with Crippen LogP contribution in [0.15, 0.2) is 77.7 Å². The summed E-state index contributed by atoms with van der Waals surface area (Å²) in [7, 11) is -7.79. The zero-order chi connectivity index (χ0) is 27.5. The number of benzene rings is 2. The summed E-state index contributed by atoms with van der Waals surface area (Å²) in [5.41, 5.74) is 6.41. The molecule has 5 atom stereocenters. The molecule has 13 nitrogen and oxygen atoms in total. The van der Waals surface area contributed by atoms with Gasteiger partial charge in [-0.3, -0.25) is 18.2 Å². The Balaban J connectivity index is 0.000000427. The Kier molecular flexibility index (Phi) is 11.4. The van der Waals surface area contributed by atoms with Crippen molar-refractivity contribution in [3.63, 3.8) is 0 Å². The van der Waals surface area contributed by atoms with Crippen LogP contribution in [0.5, 0.6) is 0 Å². The van der Waals surface area contributed by atoms with Crippen LogP contribution in [-0.4, -0.2) is 43.3 Å². The fourth-order valence-electron chi connectivity index (χ4n) is 3.44. The number of aliphatic hydroxyl groups is 1. The van der Waals surface area contributed by atoms with Crippen molar-refractivity contribution in [3.8, 4) is 0 Å². The van der Waals surface area contributed by atoms with Crippen LogP contribution in [0.4, 0.5) is 5.82 Å². The highest BCUT2D eigenvalue weighted by Crippen LogP contribution is 2.45. The first-order valence-electron chi connectivity index (χ1n) is 11.4. The number of nitrogens with two attached hydrogens (primary N) is 1. The van der Waals surface area contributed by atoms with Gasteiger partial charge in [0, 0.05) is 12.6 Å². The molecule has 206 valence electrons. The van der Waals surface area contributed by atoms with Crippen LogP contribution in [0.1, 0.15) is 23.8 Å². The molecule has 2 aromatic carbocycles. The summed E-state index contributed by atoms with van der Waals surface area (Å²) in [5, 5.41) is 8.54. The third kappa shape index (κ3) is 9.55. The van der Waals surface area contributed by atoms with Crippen molar-refractivity contribution in [2.24, 2.45) is 0 Å². The number of nitrogens with zero attached hydrogens (tertiary/aromatic N) is 2. The third-order valence-electron chi connectivity index (χ3n) is 5.26. The summed E-state index contributed by atoms with van der Waals surface area (Å²) >= 11 is 0. The SMILES string of the molecule is Nc1ccn([C@H]2C[C@H](O[PH](=O)O)[C@@H](COP(=O)(O)OCc3ccccc3)O2)c(=O)n1.OCc1ccccc1. The molecule has 2 heterocycles. The maximum absolute atomic E-state index is 12.1. The average Bonchev–Trinajstić information content (AvgIpc) is 3.29. The fraction of sp³-hybridized carbons (Fsp3) is 0.304. The first-order valence-corrected chi connectivity index (χ1v) is 14.1. The number of nitrogen functional groups attached to an aromatic ring is 1. The lowest BCUT2D eigenvalue weighted by atomic mass is 10.2. The van der Waals surface area contributed by atoms with E-state index in [-0.39, 0.29) is 25.5 Å². The van der Waals surface area contributed by atoms with Crippen LogP contribution in [0.2, 0.25) is 0 Å². The first kappa shape index (κ1) is 29.9. The van der Waals surface area contributed by atoms with Crippen LogP contribution in [-0.2, 0) is 40.7 Å².